The zero-order valence-corrected chi connectivity index (χ0v) is 23.6. The summed E-state index contributed by atoms with van der Waals surface area (Å²) in [6, 6.07) is -1.02. The van der Waals surface area contributed by atoms with Gasteiger partial charge in [0, 0.05) is 5.92 Å². The van der Waals surface area contributed by atoms with Crippen LogP contribution in [0.1, 0.15) is 40.8 Å². The zero-order chi connectivity index (χ0) is 27.9. The van der Waals surface area contributed by atoms with Gasteiger partial charge >= 0.3 is 7.82 Å². The number of carbonyl (C=O) groups excluding carboxylic acids is 1. The van der Waals surface area contributed by atoms with Crippen LogP contribution >= 0.6 is 7.82 Å². The fourth-order valence-corrected chi connectivity index (χ4v) is 5.02. The monoisotopic (exact) mass is 562 g/mol. The van der Waals surface area contributed by atoms with E-state index in [0.717, 1.165) is 0 Å². The second-order valence-corrected chi connectivity index (χ2v) is 16.6. The second kappa shape index (κ2) is 10.6. The summed E-state index contributed by atoms with van der Waals surface area (Å²) >= 11 is 0. The number of hydroxylamine groups is 1. The van der Waals surface area contributed by atoms with E-state index < -0.39 is 52.8 Å². The predicted octanol–water partition coefficient (Wildman–Crippen LogP) is 0.977. The van der Waals surface area contributed by atoms with Gasteiger partial charge < -0.3 is 24.1 Å². The quantitative estimate of drug-likeness (QED) is 0.143. The zero-order valence-electron chi connectivity index (χ0n) is 21.8. The molecule has 4 atom stereocenters. The highest BCUT2D eigenvalue weighted by molar-refractivity contribution is 7.46. The summed E-state index contributed by atoms with van der Waals surface area (Å²) in [5.74, 6) is -0.808. The molecule has 1 amide bonds. The van der Waals surface area contributed by atoms with E-state index >= 15 is 0 Å². The van der Waals surface area contributed by atoms with Gasteiger partial charge in [0.1, 0.15) is 12.2 Å². The molecule has 1 aliphatic rings. The minimum atomic E-state index is -4.93. The first-order chi connectivity index (χ1) is 16.9. The van der Waals surface area contributed by atoms with Crippen LogP contribution in [0, 0.1) is 5.92 Å². The standard InChI is InChI=1S/C20H35N6O9PSi/c1-10(2)16(28)23-19-22-15-13(17(29)24-19)21-9-26(15)18-14(34-37(6,7)20(3,4)5)12(11(8-27)33-18)25-35-36(30,31)32/h9-12,14,18,25,27H,8H2,1-7H3,(H2,30,31,32)(H2,22,23,24,28,29)/t11-,12-,14-,18-/m1/s1. The lowest BCUT2D eigenvalue weighted by Crippen LogP contribution is -2.52. The lowest BCUT2D eigenvalue weighted by atomic mass is 10.1. The lowest BCUT2D eigenvalue weighted by molar-refractivity contribution is -0.118. The topological polar surface area (TPSA) is 210 Å². The molecule has 208 valence electrons. The first kappa shape index (κ1) is 29.5. The molecule has 2 aromatic heterocycles. The Morgan fingerprint density at radius 2 is 2.00 bits per heavy atom. The smallest absolute Gasteiger partial charge is 0.408 e. The molecular weight excluding hydrogens is 527 g/mol. The lowest BCUT2D eigenvalue weighted by Gasteiger charge is -2.40. The molecule has 15 nitrogen and oxygen atoms in total. The Bertz CT molecular complexity index is 1240. The first-order valence-electron chi connectivity index (χ1n) is 11.7. The van der Waals surface area contributed by atoms with Gasteiger partial charge in [-0.15, -0.1) is 0 Å². The van der Waals surface area contributed by atoms with Crippen LogP contribution in [0.15, 0.2) is 11.1 Å². The first-order valence-corrected chi connectivity index (χ1v) is 16.1. The number of anilines is 1. The number of nitrogens with one attached hydrogen (secondary N) is 3. The van der Waals surface area contributed by atoms with Gasteiger partial charge in [0.2, 0.25) is 11.9 Å². The molecule has 3 rings (SSSR count). The maximum Gasteiger partial charge on any atom is 0.486 e. The molecule has 2 aromatic rings. The van der Waals surface area contributed by atoms with Crippen LogP contribution in [0.5, 0.6) is 0 Å². The Balaban J connectivity index is 2.10. The molecule has 1 aliphatic heterocycles. The number of ether oxygens (including phenoxy) is 1. The van der Waals surface area contributed by atoms with Crippen molar-refractivity contribution in [3.05, 3.63) is 16.7 Å². The molecule has 17 heteroatoms. The largest absolute Gasteiger partial charge is 0.486 e. The molecule has 0 spiro atoms. The molecule has 3 heterocycles. The van der Waals surface area contributed by atoms with Gasteiger partial charge in [0.15, 0.2) is 25.7 Å². The van der Waals surface area contributed by atoms with Crippen molar-refractivity contribution in [2.24, 2.45) is 5.92 Å². The van der Waals surface area contributed by atoms with Crippen LogP contribution in [0.25, 0.3) is 11.2 Å². The SMILES string of the molecule is CC(C)C(=O)Nc1nc2c(ncn2[C@@H]2O[C@H](CO)[C@@H](NOP(=O)(O)O)[C@H]2O[Si](C)(C)C(C)(C)C)c(=O)[nH]1. The van der Waals surface area contributed by atoms with Gasteiger partial charge in [-0.3, -0.25) is 24.5 Å². The number of amides is 1. The third-order valence-corrected chi connectivity index (χ3v) is 11.4. The Hall–Kier alpha value is -2.01. The van der Waals surface area contributed by atoms with Crippen molar-refractivity contribution in [3.8, 4) is 0 Å². The minimum absolute atomic E-state index is 0.0272. The van der Waals surface area contributed by atoms with Crippen LogP contribution < -0.4 is 16.4 Å². The van der Waals surface area contributed by atoms with Crippen molar-refractivity contribution < 1.29 is 38.0 Å². The molecular formula is C20H35N6O9PSi. The average Bonchev–Trinajstić information content (AvgIpc) is 3.31. The molecule has 0 aliphatic carbocycles. The number of aromatic amines is 1. The number of carbonyl (C=O) groups is 1. The predicted molar refractivity (Wildman–Crippen MR) is 135 cm³/mol. The van der Waals surface area contributed by atoms with Crippen molar-refractivity contribution in [3.63, 3.8) is 0 Å². The molecule has 6 N–H and O–H groups in total. The molecule has 0 unspecified atom stereocenters. The molecule has 0 radical (unpaired) electrons. The summed E-state index contributed by atoms with van der Waals surface area (Å²) in [7, 11) is -7.47. The summed E-state index contributed by atoms with van der Waals surface area (Å²) in [5.41, 5.74) is 1.77. The number of aliphatic hydroxyl groups is 1. The van der Waals surface area contributed by atoms with E-state index in [1.807, 2.05) is 33.9 Å². The van der Waals surface area contributed by atoms with Crippen LogP contribution in [0.3, 0.4) is 0 Å². The summed E-state index contributed by atoms with van der Waals surface area (Å²) in [5, 5.41) is 12.3. The summed E-state index contributed by atoms with van der Waals surface area (Å²) < 4.78 is 30.0. The number of aromatic nitrogens is 4. The molecule has 1 saturated heterocycles. The Morgan fingerprint density at radius 3 is 2.54 bits per heavy atom. The maximum atomic E-state index is 12.7. The van der Waals surface area contributed by atoms with Gasteiger partial charge in [-0.05, 0) is 18.1 Å². The normalized spacial score (nSPS) is 23.2. The van der Waals surface area contributed by atoms with Crippen molar-refractivity contribution in [1.82, 2.24) is 25.0 Å². The Morgan fingerprint density at radius 1 is 1.35 bits per heavy atom. The van der Waals surface area contributed by atoms with E-state index in [9.17, 15) is 29.0 Å². The van der Waals surface area contributed by atoms with Gasteiger partial charge in [0.25, 0.3) is 5.56 Å². The van der Waals surface area contributed by atoms with Crippen molar-refractivity contribution in [2.75, 3.05) is 11.9 Å². The number of aliphatic hydroxyl groups excluding tert-OH is 1. The van der Waals surface area contributed by atoms with E-state index in [1.165, 1.54) is 10.9 Å². The van der Waals surface area contributed by atoms with E-state index in [4.69, 9.17) is 9.16 Å². The molecule has 0 aromatic carbocycles. The fourth-order valence-electron chi connectivity index (χ4n) is 3.46. The number of nitrogens with zero attached hydrogens (tertiary/aromatic N) is 3. The molecule has 0 saturated carbocycles. The van der Waals surface area contributed by atoms with Crippen molar-refractivity contribution in [2.45, 2.75) is 77.2 Å². The summed E-state index contributed by atoms with van der Waals surface area (Å²) in [6.45, 7) is 12.8. The molecule has 1 fully saturated rings. The summed E-state index contributed by atoms with van der Waals surface area (Å²) in [4.78, 5) is 54.3. The number of hydrogen-bond acceptors (Lipinski definition) is 10. The molecule has 37 heavy (non-hydrogen) atoms. The summed E-state index contributed by atoms with van der Waals surface area (Å²) in [6.07, 6.45) is -1.67. The number of fused-ring (bicyclic) bond motifs is 1. The van der Waals surface area contributed by atoms with Gasteiger partial charge in [0.05, 0.1) is 19.0 Å². The van der Waals surface area contributed by atoms with Crippen molar-refractivity contribution >= 4 is 39.2 Å². The van der Waals surface area contributed by atoms with Crippen LogP contribution in [-0.2, 0) is 23.1 Å². The van der Waals surface area contributed by atoms with E-state index in [1.54, 1.807) is 13.8 Å². The third-order valence-electron chi connectivity index (χ3n) is 6.55. The number of phosphoric acid groups is 1. The minimum Gasteiger partial charge on any atom is -0.408 e. The average molecular weight is 563 g/mol. The van der Waals surface area contributed by atoms with Gasteiger partial charge in [-0.25, -0.2) is 9.55 Å². The van der Waals surface area contributed by atoms with Crippen LogP contribution in [-0.4, -0.2) is 73.5 Å². The van der Waals surface area contributed by atoms with Gasteiger partial charge in [-0.1, -0.05) is 34.6 Å². The van der Waals surface area contributed by atoms with E-state index in [0.29, 0.717) is 0 Å². The van der Waals surface area contributed by atoms with Gasteiger partial charge in [-0.2, -0.15) is 15.1 Å². The number of H-pyrrole nitrogens is 1. The number of rotatable bonds is 9. The van der Waals surface area contributed by atoms with Crippen LogP contribution in [0.2, 0.25) is 18.1 Å². The maximum absolute atomic E-state index is 12.7. The van der Waals surface area contributed by atoms with Crippen molar-refractivity contribution in [1.29, 1.82) is 0 Å². The van der Waals surface area contributed by atoms with E-state index in [-0.39, 0.29) is 34.0 Å². The highest BCUT2D eigenvalue weighted by Gasteiger charge is 2.51. The second-order valence-electron chi connectivity index (χ2n) is 10.7. The fraction of sp³-hybridized carbons (Fsp3) is 0.700. The third kappa shape index (κ3) is 6.53. The number of imidazole rings is 1. The molecule has 0 bridgehead atoms. The van der Waals surface area contributed by atoms with Crippen LogP contribution in [0.4, 0.5) is 5.95 Å². The highest BCUT2D eigenvalue weighted by atomic mass is 31.2. The Labute approximate surface area is 214 Å². The Kier molecular flexibility index (Phi) is 8.49. The number of hydrogen-bond donors (Lipinski definition) is 6. The highest BCUT2D eigenvalue weighted by Crippen LogP contribution is 2.43. The van der Waals surface area contributed by atoms with E-state index in [2.05, 4.69) is 30.4 Å².